The molecule has 0 aliphatic carbocycles. The van der Waals surface area contributed by atoms with Crippen LogP contribution in [0.3, 0.4) is 0 Å². The third-order valence-electron chi connectivity index (χ3n) is 3.48. The minimum absolute atomic E-state index is 0.229. The highest BCUT2D eigenvalue weighted by Gasteiger charge is 2.30. The number of nitrogens with one attached hydrogen (secondary N) is 1. The maximum atomic E-state index is 12.1. The van der Waals surface area contributed by atoms with E-state index in [1.165, 1.54) is 5.56 Å². The van der Waals surface area contributed by atoms with E-state index in [9.17, 15) is 9.59 Å². The van der Waals surface area contributed by atoms with Crippen LogP contribution >= 0.6 is 11.3 Å². The molecule has 1 aromatic carbocycles. The van der Waals surface area contributed by atoms with E-state index in [4.69, 9.17) is 4.74 Å². The van der Waals surface area contributed by atoms with Crippen LogP contribution in [-0.4, -0.2) is 24.5 Å². The Balaban J connectivity index is 1.58. The Labute approximate surface area is 126 Å². The molecule has 1 aliphatic heterocycles. The number of benzene rings is 1. The molecule has 4 nitrogen and oxygen atoms in total. The van der Waals surface area contributed by atoms with Crippen LogP contribution in [0.4, 0.5) is 0 Å². The number of carbonyl (C=O) groups excluding carboxylic acids is 2. The number of rotatable bonds is 4. The van der Waals surface area contributed by atoms with Gasteiger partial charge in [-0.1, -0.05) is 18.2 Å². The van der Waals surface area contributed by atoms with Gasteiger partial charge < -0.3 is 10.1 Å². The van der Waals surface area contributed by atoms with Crippen molar-refractivity contribution in [2.75, 3.05) is 6.54 Å². The molecule has 21 heavy (non-hydrogen) atoms. The lowest BCUT2D eigenvalue weighted by atomic mass is 9.98. The van der Waals surface area contributed by atoms with Gasteiger partial charge in [0.15, 0.2) is 6.10 Å². The van der Waals surface area contributed by atoms with Gasteiger partial charge >= 0.3 is 5.97 Å². The highest BCUT2D eigenvalue weighted by molar-refractivity contribution is 7.07. The van der Waals surface area contributed by atoms with Crippen LogP contribution < -0.4 is 5.32 Å². The molecule has 1 N–H and O–H groups in total. The van der Waals surface area contributed by atoms with E-state index < -0.39 is 12.1 Å². The summed E-state index contributed by atoms with van der Waals surface area (Å²) in [4.78, 5) is 24.0. The fourth-order valence-corrected chi connectivity index (χ4v) is 3.06. The molecule has 1 aliphatic rings. The number of amides is 1. The molecule has 0 unspecified atom stereocenters. The number of ether oxygens (including phenoxy) is 1. The first-order valence-corrected chi connectivity index (χ1v) is 7.76. The SMILES string of the molecule is O=C1O[C@H](C(=O)NCCc2ccsc2)Cc2ccccc21. The molecule has 5 heteroatoms. The summed E-state index contributed by atoms with van der Waals surface area (Å²) in [7, 11) is 0. The van der Waals surface area contributed by atoms with Gasteiger partial charge in [0.05, 0.1) is 5.56 Å². The van der Waals surface area contributed by atoms with Gasteiger partial charge in [-0.05, 0) is 40.4 Å². The Morgan fingerprint density at radius 3 is 3.00 bits per heavy atom. The van der Waals surface area contributed by atoms with Crippen LogP contribution in [-0.2, 0) is 22.4 Å². The molecule has 0 radical (unpaired) electrons. The normalized spacial score (nSPS) is 17.0. The quantitative estimate of drug-likeness (QED) is 0.881. The summed E-state index contributed by atoms with van der Waals surface area (Å²) in [5.41, 5.74) is 2.62. The molecule has 2 heterocycles. The molecule has 0 spiro atoms. The van der Waals surface area contributed by atoms with Crippen molar-refractivity contribution in [3.8, 4) is 0 Å². The minimum atomic E-state index is -0.727. The summed E-state index contributed by atoms with van der Waals surface area (Å²) in [5, 5.41) is 6.90. The summed E-state index contributed by atoms with van der Waals surface area (Å²) in [5.74, 6) is -0.650. The third kappa shape index (κ3) is 3.13. The van der Waals surface area contributed by atoms with Crippen molar-refractivity contribution in [2.24, 2.45) is 0 Å². The first-order chi connectivity index (χ1) is 10.2. The lowest BCUT2D eigenvalue weighted by Gasteiger charge is -2.23. The molecule has 1 amide bonds. The Morgan fingerprint density at radius 2 is 2.19 bits per heavy atom. The van der Waals surface area contributed by atoms with Crippen molar-refractivity contribution >= 4 is 23.2 Å². The van der Waals surface area contributed by atoms with Gasteiger partial charge in [-0.3, -0.25) is 4.79 Å². The molecule has 0 fully saturated rings. The predicted octanol–water partition coefficient (Wildman–Crippen LogP) is 2.19. The zero-order valence-corrected chi connectivity index (χ0v) is 12.2. The Bertz CT molecular complexity index is 651. The van der Waals surface area contributed by atoms with Crippen LogP contribution in [0.2, 0.25) is 0 Å². The van der Waals surface area contributed by atoms with E-state index >= 15 is 0 Å². The van der Waals surface area contributed by atoms with Crippen LogP contribution in [0.15, 0.2) is 41.1 Å². The molecule has 1 aromatic heterocycles. The maximum Gasteiger partial charge on any atom is 0.339 e. The van der Waals surface area contributed by atoms with Gasteiger partial charge in [-0.2, -0.15) is 11.3 Å². The van der Waals surface area contributed by atoms with Crippen LogP contribution in [0.5, 0.6) is 0 Å². The molecule has 0 saturated heterocycles. The van der Waals surface area contributed by atoms with Gasteiger partial charge in [0.2, 0.25) is 0 Å². The van der Waals surface area contributed by atoms with Crippen molar-refractivity contribution in [1.82, 2.24) is 5.32 Å². The number of cyclic esters (lactones) is 1. The lowest BCUT2D eigenvalue weighted by molar-refractivity contribution is -0.130. The molecule has 1 atom stereocenters. The average molecular weight is 301 g/mol. The van der Waals surface area contributed by atoms with Crippen molar-refractivity contribution < 1.29 is 14.3 Å². The van der Waals surface area contributed by atoms with Crippen LogP contribution in [0.1, 0.15) is 21.5 Å². The van der Waals surface area contributed by atoms with Gasteiger partial charge in [-0.15, -0.1) is 0 Å². The van der Waals surface area contributed by atoms with Gasteiger partial charge in [-0.25, -0.2) is 4.79 Å². The predicted molar refractivity (Wildman–Crippen MR) is 80.4 cm³/mol. The second-order valence-corrected chi connectivity index (χ2v) is 5.71. The number of carbonyl (C=O) groups is 2. The van der Waals surface area contributed by atoms with E-state index in [0.717, 1.165) is 12.0 Å². The van der Waals surface area contributed by atoms with Gasteiger partial charge in [0, 0.05) is 13.0 Å². The fourth-order valence-electron chi connectivity index (χ4n) is 2.36. The number of esters is 1. The molecule has 108 valence electrons. The van der Waals surface area contributed by atoms with Crippen molar-refractivity contribution in [3.05, 3.63) is 57.8 Å². The van der Waals surface area contributed by atoms with Crippen LogP contribution in [0, 0.1) is 0 Å². The second kappa shape index (κ2) is 6.10. The molecular formula is C16H15NO3S. The number of thiophene rings is 1. The number of fused-ring (bicyclic) bond motifs is 1. The fraction of sp³-hybridized carbons (Fsp3) is 0.250. The van der Waals surface area contributed by atoms with Gasteiger partial charge in [0.25, 0.3) is 5.91 Å². The Morgan fingerprint density at radius 1 is 1.33 bits per heavy atom. The topological polar surface area (TPSA) is 55.4 Å². The first-order valence-electron chi connectivity index (χ1n) is 6.82. The standard InChI is InChI=1S/C16H15NO3S/c18-15(17-7-5-11-6-8-21-10-11)14-9-12-3-1-2-4-13(12)16(19)20-14/h1-4,6,8,10,14H,5,7,9H2,(H,17,18)/t14-/m0/s1. The average Bonchev–Trinajstić information content (AvgIpc) is 3.00. The van der Waals surface area contributed by atoms with E-state index in [1.54, 1.807) is 23.5 Å². The summed E-state index contributed by atoms with van der Waals surface area (Å²) < 4.78 is 5.21. The molecule has 2 aromatic rings. The highest BCUT2D eigenvalue weighted by atomic mass is 32.1. The summed E-state index contributed by atoms with van der Waals surface area (Å²) in [6, 6.07) is 9.28. The summed E-state index contributed by atoms with van der Waals surface area (Å²) >= 11 is 1.64. The van der Waals surface area contributed by atoms with Gasteiger partial charge in [0.1, 0.15) is 0 Å². The minimum Gasteiger partial charge on any atom is -0.448 e. The van der Waals surface area contributed by atoms with E-state index in [2.05, 4.69) is 10.7 Å². The lowest BCUT2D eigenvalue weighted by Crippen LogP contribution is -2.42. The molecule has 3 rings (SSSR count). The monoisotopic (exact) mass is 301 g/mol. The number of hydrogen-bond acceptors (Lipinski definition) is 4. The zero-order chi connectivity index (χ0) is 14.7. The largest absolute Gasteiger partial charge is 0.448 e. The Hall–Kier alpha value is -2.14. The summed E-state index contributed by atoms with van der Waals surface area (Å²) in [6.45, 7) is 0.547. The molecule has 0 saturated carbocycles. The van der Waals surface area contributed by atoms with Crippen LogP contribution in [0.25, 0.3) is 0 Å². The first kappa shape index (κ1) is 13.8. The van der Waals surface area contributed by atoms with Crippen molar-refractivity contribution in [2.45, 2.75) is 18.9 Å². The molecule has 0 bridgehead atoms. The Kier molecular flexibility index (Phi) is 4.01. The highest BCUT2D eigenvalue weighted by Crippen LogP contribution is 2.20. The van der Waals surface area contributed by atoms with E-state index in [-0.39, 0.29) is 5.91 Å². The van der Waals surface area contributed by atoms with Crippen molar-refractivity contribution in [3.63, 3.8) is 0 Å². The maximum absolute atomic E-state index is 12.1. The number of hydrogen-bond donors (Lipinski definition) is 1. The van der Waals surface area contributed by atoms with E-state index in [0.29, 0.717) is 18.5 Å². The smallest absolute Gasteiger partial charge is 0.339 e. The second-order valence-electron chi connectivity index (χ2n) is 4.93. The summed E-state index contributed by atoms with van der Waals surface area (Å²) in [6.07, 6.45) is 0.494. The third-order valence-corrected chi connectivity index (χ3v) is 4.21. The van der Waals surface area contributed by atoms with E-state index in [1.807, 2.05) is 23.6 Å². The zero-order valence-electron chi connectivity index (χ0n) is 11.4. The molecular weight excluding hydrogens is 286 g/mol. The van der Waals surface area contributed by atoms with Crippen molar-refractivity contribution in [1.29, 1.82) is 0 Å².